The number of ether oxygens (including phenoxy) is 1. The Hall–Kier alpha value is -2.58. The lowest BCUT2D eigenvalue weighted by atomic mass is 10.1. The van der Waals surface area contributed by atoms with E-state index < -0.39 is 0 Å². The van der Waals surface area contributed by atoms with E-state index in [1.165, 1.54) is 23.5 Å². The van der Waals surface area contributed by atoms with Gasteiger partial charge in [-0.2, -0.15) is 0 Å². The third kappa shape index (κ3) is 5.33. The fourth-order valence-electron chi connectivity index (χ4n) is 4.04. The molecule has 0 bridgehead atoms. The minimum absolute atomic E-state index is 0. The van der Waals surface area contributed by atoms with Crippen molar-refractivity contribution in [2.75, 3.05) is 44.3 Å². The van der Waals surface area contributed by atoms with Crippen LogP contribution in [-0.4, -0.2) is 55.2 Å². The highest BCUT2D eigenvalue weighted by Gasteiger charge is 2.22. The first-order valence-electron chi connectivity index (χ1n) is 10.8. The minimum Gasteiger partial charge on any atom is -0.379 e. The molecule has 5 nitrogen and oxygen atoms in total. The summed E-state index contributed by atoms with van der Waals surface area (Å²) in [7, 11) is 0. The molecule has 1 aromatic heterocycles. The van der Waals surface area contributed by atoms with Crippen LogP contribution in [0.15, 0.2) is 60.7 Å². The van der Waals surface area contributed by atoms with Gasteiger partial charge in [0.2, 0.25) is 0 Å². The van der Waals surface area contributed by atoms with Crippen LogP contribution in [-0.2, 0) is 4.74 Å². The predicted octanol–water partition coefficient (Wildman–Crippen LogP) is 5.38. The largest absolute Gasteiger partial charge is 0.379 e. The zero-order chi connectivity index (χ0) is 21.9. The maximum absolute atomic E-state index is 13.7. The molecule has 0 saturated carbocycles. The van der Waals surface area contributed by atoms with Crippen LogP contribution in [0.4, 0.5) is 9.52 Å². The smallest absolute Gasteiger partial charge is 0.260 e. The normalized spacial score (nSPS) is 14.3. The van der Waals surface area contributed by atoms with E-state index in [-0.39, 0.29) is 24.1 Å². The molecule has 1 fully saturated rings. The van der Waals surface area contributed by atoms with E-state index in [1.54, 1.807) is 11.0 Å². The average Bonchev–Trinajstić information content (AvgIpc) is 3.24. The Balaban J connectivity index is 0.00000259. The third-order valence-corrected chi connectivity index (χ3v) is 6.81. The minimum atomic E-state index is -0.299. The van der Waals surface area contributed by atoms with Crippen LogP contribution in [0, 0.1) is 5.82 Å². The van der Waals surface area contributed by atoms with Crippen LogP contribution in [0.25, 0.3) is 21.0 Å². The number of benzene rings is 3. The van der Waals surface area contributed by atoms with Crippen molar-refractivity contribution in [3.05, 3.63) is 72.0 Å². The molecule has 3 aromatic carbocycles. The van der Waals surface area contributed by atoms with Gasteiger partial charge >= 0.3 is 0 Å². The van der Waals surface area contributed by atoms with Crippen LogP contribution in [0.5, 0.6) is 0 Å². The van der Waals surface area contributed by atoms with Crippen LogP contribution in [0.3, 0.4) is 0 Å². The first kappa shape index (κ1) is 23.6. The number of thiazole rings is 1. The number of fused-ring (bicyclic) bond motifs is 2. The summed E-state index contributed by atoms with van der Waals surface area (Å²) in [6.07, 6.45) is 0.823. The zero-order valence-corrected chi connectivity index (χ0v) is 19.7. The Morgan fingerprint density at radius 1 is 1.06 bits per heavy atom. The molecule has 1 aliphatic heterocycles. The number of hydrogen-bond donors (Lipinski definition) is 0. The highest BCUT2D eigenvalue weighted by Crippen LogP contribution is 2.31. The molecule has 1 amide bonds. The SMILES string of the molecule is Cl.O=C(c1ccc2ccccc2c1)N(CCCN1CCOCC1)c1nc2ccc(F)cc2s1. The highest BCUT2D eigenvalue weighted by atomic mass is 35.5. The van der Waals surface area contributed by atoms with Gasteiger partial charge in [-0.15, -0.1) is 12.4 Å². The number of halogens is 2. The summed E-state index contributed by atoms with van der Waals surface area (Å²) in [5.74, 6) is -0.385. The molecule has 1 aliphatic rings. The second kappa shape index (κ2) is 10.6. The van der Waals surface area contributed by atoms with Gasteiger partial charge < -0.3 is 4.74 Å². The summed E-state index contributed by atoms with van der Waals surface area (Å²) < 4.78 is 19.9. The summed E-state index contributed by atoms with van der Waals surface area (Å²) in [6.45, 7) is 4.78. The van der Waals surface area contributed by atoms with E-state index in [0.717, 1.165) is 54.7 Å². The van der Waals surface area contributed by atoms with Gasteiger partial charge in [-0.05, 0) is 47.5 Å². The van der Waals surface area contributed by atoms with Crippen LogP contribution < -0.4 is 4.90 Å². The van der Waals surface area contributed by atoms with E-state index >= 15 is 0 Å². The molecule has 0 unspecified atom stereocenters. The van der Waals surface area contributed by atoms with Crippen molar-refractivity contribution in [3.63, 3.8) is 0 Å². The van der Waals surface area contributed by atoms with Gasteiger partial charge in [-0.1, -0.05) is 41.7 Å². The summed E-state index contributed by atoms with van der Waals surface area (Å²) in [5, 5.41) is 2.72. The van der Waals surface area contributed by atoms with Crippen LogP contribution >= 0.6 is 23.7 Å². The lowest BCUT2D eigenvalue weighted by molar-refractivity contribution is 0.0376. The molecule has 4 aromatic rings. The van der Waals surface area contributed by atoms with Crippen LogP contribution in [0.1, 0.15) is 16.8 Å². The molecule has 1 saturated heterocycles. The number of amides is 1. The first-order chi connectivity index (χ1) is 15.7. The fourth-order valence-corrected chi connectivity index (χ4v) is 5.06. The van der Waals surface area contributed by atoms with Crippen molar-refractivity contribution in [3.8, 4) is 0 Å². The van der Waals surface area contributed by atoms with E-state index in [4.69, 9.17) is 4.74 Å². The van der Waals surface area contributed by atoms with Gasteiger partial charge in [0.05, 0.1) is 23.4 Å². The molecule has 33 heavy (non-hydrogen) atoms. The van der Waals surface area contributed by atoms with Gasteiger partial charge in [-0.25, -0.2) is 9.37 Å². The summed E-state index contributed by atoms with van der Waals surface area (Å²) in [4.78, 5) is 22.4. The molecule has 0 aliphatic carbocycles. The first-order valence-corrected chi connectivity index (χ1v) is 11.7. The molecule has 0 atom stereocenters. The lowest BCUT2D eigenvalue weighted by Gasteiger charge is -2.27. The average molecular weight is 486 g/mol. The second-order valence-electron chi connectivity index (χ2n) is 7.93. The maximum Gasteiger partial charge on any atom is 0.260 e. The number of anilines is 1. The second-order valence-corrected chi connectivity index (χ2v) is 8.94. The quantitative estimate of drug-likeness (QED) is 0.368. The Bertz CT molecular complexity index is 1260. The monoisotopic (exact) mass is 485 g/mol. The van der Waals surface area contributed by atoms with Crippen molar-refractivity contribution in [2.45, 2.75) is 6.42 Å². The van der Waals surface area contributed by atoms with Crippen molar-refractivity contribution in [2.24, 2.45) is 0 Å². The summed E-state index contributed by atoms with van der Waals surface area (Å²) in [6, 6.07) is 18.3. The van der Waals surface area contributed by atoms with Crippen molar-refractivity contribution in [1.82, 2.24) is 9.88 Å². The number of hydrogen-bond acceptors (Lipinski definition) is 5. The maximum atomic E-state index is 13.7. The Morgan fingerprint density at radius 3 is 2.67 bits per heavy atom. The summed E-state index contributed by atoms with van der Waals surface area (Å²) in [5.41, 5.74) is 1.33. The summed E-state index contributed by atoms with van der Waals surface area (Å²) >= 11 is 1.35. The molecular weight excluding hydrogens is 461 g/mol. The molecule has 172 valence electrons. The lowest BCUT2D eigenvalue weighted by Crippen LogP contribution is -2.39. The highest BCUT2D eigenvalue weighted by molar-refractivity contribution is 7.22. The van der Waals surface area contributed by atoms with Crippen molar-refractivity contribution < 1.29 is 13.9 Å². The standard InChI is InChI=1S/C25H24FN3O2S.ClH/c26-21-8-9-22-23(17-21)32-25(27-22)29(11-3-10-28-12-14-31-15-13-28)24(30)20-7-6-18-4-1-2-5-19(18)16-20;/h1-2,4-9,16-17H,3,10-15H2;1H. The molecule has 5 rings (SSSR count). The fraction of sp³-hybridized carbons (Fsp3) is 0.280. The zero-order valence-electron chi connectivity index (χ0n) is 18.1. The van der Waals surface area contributed by atoms with Crippen molar-refractivity contribution in [1.29, 1.82) is 0 Å². The van der Waals surface area contributed by atoms with E-state index in [1.807, 2.05) is 42.5 Å². The van der Waals surface area contributed by atoms with E-state index in [2.05, 4.69) is 9.88 Å². The van der Waals surface area contributed by atoms with E-state index in [9.17, 15) is 9.18 Å². The number of morpholine rings is 1. The van der Waals surface area contributed by atoms with E-state index in [0.29, 0.717) is 22.8 Å². The molecule has 8 heteroatoms. The number of carbonyl (C=O) groups is 1. The Morgan fingerprint density at radius 2 is 1.85 bits per heavy atom. The number of carbonyl (C=O) groups excluding carboxylic acids is 1. The van der Waals surface area contributed by atoms with Crippen molar-refractivity contribution >= 4 is 55.8 Å². The van der Waals surface area contributed by atoms with Gasteiger partial charge in [0, 0.05) is 31.7 Å². The van der Waals surface area contributed by atoms with Gasteiger partial charge in [-0.3, -0.25) is 14.6 Å². The van der Waals surface area contributed by atoms with Gasteiger partial charge in [0.25, 0.3) is 5.91 Å². The Kier molecular flexibility index (Phi) is 7.55. The molecule has 0 N–H and O–H groups in total. The van der Waals surface area contributed by atoms with Gasteiger partial charge in [0.1, 0.15) is 5.82 Å². The number of nitrogens with zero attached hydrogens (tertiary/aromatic N) is 3. The molecule has 0 radical (unpaired) electrons. The Labute approximate surface area is 202 Å². The van der Waals surface area contributed by atoms with Gasteiger partial charge in [0.15, 0.2) is 5.13 Å². The molecule has 0 spiro atoms. The molecular formula is C25H25ClFN3O2S. The molecule has 2 heterocycles. The topological polar surface area (TPSA) is 45.7 Å². The predicted molar refractivity (Wildman–Crippen MR) is 134 cm³/mol. The number of aromatic nitrogens is 1. The van der Waals surface area contributed by atoms with Crippen LogP contribution in [0.2, 0.25) is 0 Å². The number of rotatable bonds is 6. The third-order valence-electron chi connectivity index (χ3n) is 5.77.